The van der Waals surface area contributed by atoms with Gasteiger partial charge in [0, 0.05) is 22.4 Å². The van der Waals surface area contributed by atoms with E-state index in [1.807, 2.05) is 36.6 Å². The molecule has 1 N–H and O–H groups in total. The lowest BCUT2D eigenvalue weighted by Gasteiger charge is -2.28. The van der Waals surface area contributed by atoms with E-state index in [0.717, 1.165) is 27.1 Å². The number of hydrogen-bond donors (Lipinski definition) is 1. The summed E-state index contributed by atoms with van der Waals surface area (Å²) in [6, 6.07) is 7.96. The summed E-state index contributed by atoms with van der Waals surface area (Å²) in [5, 5.41) is 13.3. The van der Waals surface area contributed by atoms with Gasteiger partial charge in [-0.05, 0) is 19.1 Å². The Morgan fingerprint density at radius 1 is 1.47 bits per heavy atom. The average Bonchev–Trinajstić information content (AvgIpc) is 2.83. The molecule has 0 bridgehead atoms. The molecular formula is C14H15NO2S2. The van der Waals surface area contributed by atoms with Gasteiger partial charge < -0.3 is 9.84 Å². The molecule has 5 heteroatoms. The first kappa shape index (κ1) is 13.0. The van der Waals surface area contributed by atoms with Gasteiger partial charge in [0.1, 0.15) is 11.9 Å². The zero-order valence-electron chi connectivity index (χ0n) is 10.6. The van der Waals surface area contributed by atoms with Crippen molar-refractivity contribution in [2.24, 2.45) is 0 Å². The van der Waals surface area contributed by atoms with Gasteiger partial charge in [-0.2, -0.15) is 0 Å². The monoisotopic (exact) mass is 293 g/mol. The zero-order valence-corrected chi connectivity index (χ0v) is 12.2. The summed E-state index contributed by atoms with van der Waals surface area (Å²) < 4.78 is 5.88. The Morgan fingerprint density at radius 2 is 2.32 bits per heavy atom. The highest BCUT2D eigenvalue weighted by atomic mass is 32.2. The number of fused-ring (bicyclic) bond motifs is 1. The van der Waals surface area contributed by atoms with Crippen molar-refractivity contribution in [2.75, 3.05) is 5.75 Å². The summed E-state index contributed by atoms with van der Waals surface area (Å²) in [4.78, 5) is 5.53. The Morgan fingerprint density at radius 3 is 3.11 bits per heavy atom. The minimum Gasteiger partial charge on any atom is -0.486 e. The number of aliphatic hydroxyl groups excluding tert-OH is 1. The van der Waals surface area contributed by atoms with Crippen molar-refractivity contribution in [1.82, 2.24) is 4.98 Å². The quantitative estimate of drug-likeness (QED) is 0.945. The van der Waals surface area contributed by atoms with E-state index in [0.29, 0.717) is 6.42 Å². The molecule has 2 unspecified atom stereocenters. The number of aromatic nitrogens is 1. The van der Waals surface area contributed by atoms with E-state index >= 15 is 0 Å². The number of hydrogen-bond acceptors (Lipinski definition) is 5. The highest BCUT2D eigenvalue weighted by molar-refractivity contribution is 7.99. The zero-order chi connectivity index (χ0) is 13.2. The number of benzene rings is 1. The third-order valence-electron chi connectivity index (χ3n) is 3.04. The molecule has 2 atom stereocenters. The van der Waals surface area contributed by atoms with Gasteiger partial charge >= 0.3 is 0 Å². The Balaban J connectivity index is 1.67. The van der Waals surface area contributed by atoms with Crippen LogP contribution >= 0.6 is 23.1 Å². The highest BCUT2D eigenvalue weighted by Gasteiger charge is 2.27. The maximum atomic E-state index is 10.3. The molecule has 1 aliphatic rings. The summed E-state index contributed by atoms with van der Waals surface area (Å²) in [7, 11) is 0. The molecule has 0 spiro atoms. The van der Waals surface area contributed by atoms with Crippen LogP contribution in [-0.2, 0) is 6.42 Å². The van der Waals surface area contributed by atoms with E-state index in [4.69, 9.17) is 4.74 Å². The molecule has 0 fully saturated rings. The maximum absolute atomic E-state index is 10.3. The first-order valence-electron chi connectivity index (χ1n) is 6.20. The van der Waals surface area contributed by atoms with E-state index in [-0.39, 0.29) is 6.10 Å². The minimum absolute atomic E-state index is 0.165. The van der Waals surface area contributed by atoms with Gasteiger partial charge in [-0.25, -0.2) is 4.98 Å². The smallest absolute Gasteiger partial charge is 0.134 e. The van der Waals surface area contributed by atoms with Crippen molar-refractivity contribution < 1.29 is 9.84 Å². The van der Waals surface area contributed by atoms with Crippen LogP contribution in [-0.4, -0.2) is 28.1 Å². The fourth-order valence-corrected chi connectivity index (χ4v) is 3.77. The molecule has 1 aromatic carbocycles. The third-order valence-corrected chi connectivity index (χ3v) is 5.01. The normalized spacial score (nSPS) is 19.6. The largest absolute Gasteiger partial charge is 0.486 e. The molecule has 0 amide bonds. The van der Waals surface area contributed by atoms with Gasteiger partial charge in [-0.1, -0.05) is 12.1 Å². The minimum atomic E-state index is -0.512. The van der Waals surface area contributed by atoms with Gasteiger partial charge in [0.25, 0.3) is 0 Å². The van der Waals surface area contributed by atoms with Crippen LogP contribution in [0.3, 0.4) is 0 Å². The van der Waals surface area contributed by atoms with Crippen molar-refractivity contribution in [3.63, 3.8) is 0 Å². The number of thioether (sulfide) groups is 1. The van der Waals surface area contributed by atoms with Gasteiger partial charge in [0.2, 0.25) is 0 Å². The standard InChI is InChI=1S/C14H15NO2S2/c1-9-15-10(7-18-9)6-11(16)13-8-19-14-5-3-2-4-12(14)17-13/h2-5,7,11,13,16H,6,8H2,1H3. The number of ether oxygens (including phenoxy) is 1. The molecule has 2 aromatic rings. The molecule has 0 saturated carbocycles. The first-order valence-corrected chi connectivity index (χ1v) is 8.06. The summed E-state index contributed by atoms with van der Waals surface area (Å²) in [6.45, 7) is 1.98. The van der Waals surface area contributed by atoms with E-state index in [1.165, 1.54) is 0 Å². The predicted octanol–water partition coefficient (Wildman–Crippen LogP) is 2.91. The maximum Gasteiger partial charge on any atom is 0.134 e. The molecule has 0 aliphatic carbocycles. The first-order chi connectivity index (χ1) is 9.22. The number of rotatable bonds is 3. The molecule has 2 heterocycles. The van der Waals surface area contributed by atoms with Crippen LogP contribution in [0.25, 0.3) is 0 Å². The van der Waals surface area contributed by atoms with Crippen LogP contribution in [0.5, 0.6) is 5.75 Å². The van der Waals surface area contributed by atoms with Crippen LogP contribution in [0.1, 0.15) is 10.7 Å². The molecular weight excluding hydrogens is 278 g/mol. The summed E-state index contributed by atoms with van der Waals surface area (Å²) in [5.74, 6) is 1.65. The third kappa shape index (κ3) is 2.94. The molecule has 3 rings (SSSR count). The summed E-state index contributed by atoms with van der Waals surface area (Å²) in [5.41, 5.74) is 0.947. The molecule has 100 valence electrons. The lowest BCUT2D eigenvalue weighted by atomic mass is 10.1. The fourth-order valence-electron chi connectivity index (χ4n) is 2.07. The molecule has 19 heavy (non-hydrogen) atoms. The number of thiazole rings is 1. The van der Waals surface area contributed by atoms with Crippen LogP contribution < -0.4 is 4.74 Å². The summed E-state index contributed by atoms with van der Waals surface area (Å²) >= 11 is 3.35. The Kier molecular flexibility index (Phi) is 3.77. The fraction of sp³-hybridized carbons (Fsp3) is 0.357. The number of aliphatic hydroxyl groups is 1. The second kappa shape index (κ2) is 5.53. The molecule has 0 radical (unpaired) electrons. The Hall–Kier alpha value is -1.04. The van der Waals surface area contributed by atoms with E-state index in [2.05, 4.69) is 4.98 Å². The van der Waals surface area contributed by atoms with E-state index in [1.54, 1.807) is 23.1 Å². The van der Waals surface area contributed by atoms with Crippen LogP contribution in [0.2, 0.25) is 0 Å². The van der Waals surface area contributed by atoms with Gasteiger partial charge in [0.15, 0.2) is 0 Å². The SMILES string of the molecule is Cc1nc(CC(O)C2CSc3ccccc3O2)cs1. The van der Waals surface area contributed by atoms with Crippen molar-refractivity contribution in [1.29, 1.82) is 0 Å². The van der Waals surface area contributed by atoms with Crippen molar-refractivity contribution in [2.45, 2.75) is 30.4 Å². The van der Waals surface area contributed by atoms with Crippen LogP contribution in [0, 0.1) is 6.92 Å². The van der Waals surface area contributed by atoms with Crippen molar-refractivity contribution in [3.05, 3.63) is 40.3 Å². The molecule has 0 saturated heterocycles. The van der Waals surface area contributed by atoms with E-state index in [9.17, 15) is 5.11 Å². The number of para-hydroxylation sites is 1. The Labute approximate surface area is 120 Å². The van der Waals surface area contributed by atoms with Crippen molar-refractivity contribution >= 4 is 23.1 Å². The van der Waals surface area contributed by atoms with Gasteiger partial charge in [0.05, 0.1) is 16.8 Å². The topological polar surface area (TPSA) is 42.4 Å². The summed E-state index contributed by atoms with van der Waals surface area (Å²) in [6.07, 6.45) is -0.123. The highest BCUT2D eigenvalue weighted by Crippen LogP contribution is 2.36. The molecule has 3 nitrogen and oxygen atoms in total. The van der Waals surface area contributed by atoms with Gasteiger partial charge in [-0.15, -0.1) is 23.1 Å². The Bertz CT molecular complexity index is 570. The predicted molar refractivity (Wildman–Crippen MR) is 78.1 cm³/mol. The number of aryl methyl sites for hydroxylation is 1. The molecule has 1 aromatic heterocycles. The van der Waals surface area contributed by atoms with Crippen molar-refractivity contribution in [3.8, 4) is 5.75 Å². The van der Waals surface area contributed by atoms with Crippen LogP contribution in [0.15, 0.2) is 34.5 Å². The second-order valence-electron chi connectivity index (χ2n) is 4.54. The van der Waals surface area contributed by atoms with Crippen LogP contribution in [0.4, 0.5) is 0 Å². The number of nitrogens with zero attached hydrogens (tertiary/aromatic N) is 1. The average molecular weight is 293 g/mol. The van der Waals surface area contributed by atoms with E-state index < -0.39 is 6.10 Å². The lowest BCUT2D eigenvalue weighted by Crippen LogP contribution is -2.37. The molecule has 1 aliphatic heterocycles. The lowest BCUT2D eigenvalue weighted by molar-refractivity contribution is 0.0463. The second-order valence-corrected chi connectivity index (χ2v) is 6.67. The van der Waals surface area contributed by atoms with Gasteiger partial charge in [-0.3, -0.25) is 0 Å².